The summed E-state index contributed by atoms with van der Waals surface area (Å²) < 4.78 is 0. The van der Waals surface area contributed by atoms with E-state index in [2.05, 4.69) is 38.0 Å². The van der Waals surface area contributed by atoms with Crippen molar-refractivity contribution in [2.75, 3.05) is 6.54 Å². The van der Waals surface area contributed by atoms with Gasteiger partial charge in [-0.05, 0) is 33.7 Å². The number of thiazole rings is 1. The molecule has 0 saturated carbocycles. The third-order valence-electron chi connectivity index (χ3n) is 3.06. The first kappa shape index (κ1) is 14.7. The first-order chi connectivity index (χ1) is 8.15. The fourth-order valence-electron chi connectivity index (χ4n) is 2.09. The Morgan fingerprint density at radius 3 is 2.47 bits per heavy atom. The van der Waals surface area contributed by atoms with Crippen LogP contribution in [0.1, 0.15) is 67.6 Å². The van der Waals surface area contributed by atoms with Crippen LogP contribution >= 0.6 is 11.3 Å². The molecule has 0 aliphatic carbocycles. The number of nitrogens with one attached hydrogen (secondary N) is 1. The second-order valence-corrected chi connectivity index (χ2v) is 6.01. The van der Waals surface area contributed by atoms with Crippen LogP contribution in [0.2, 0.25) is 0 Å². The van der Waals surface area contributed by atoms with Crippen molar-refractivity contribution in [3.05, 3.63) is 15.6 Å². The van der Waals surface area contributed by atoms with Gasteiger partial charge in [0.1, 0.15) is 0 Å². The van der Waals surface area contributed by atoms with Crippen molar-refractivity contribution in [1.82, 2.24) is 10.3 Å². The largest absolute Gasteiger partial charge is 0.309 e. The van der Waals surface area contributed by atoms with Crippen molar-refractivity contribution >= 4 is 11.3 Å². The summed E-state index contributed by atoms with van der Waals surface area (Å²) in [6.45, 7) is 9.82. The second kappa shape index (κ2) is 7.83. The van der Waals surface area contributed by atoms with Crippen molar-refractivity contribution in [3.8, 4) is 0 Å². The van der Waals surface area contributed by atoms with Crippen LogP contribution in [-0.2, 0) is 0 Å². The van der Waals surface area contributed by atoms with Crippen molar-refractivity contribution in [3.63, 3.8) is 0 Å². The molecule has 0 aliphatic heterocycles. The Bertz CT molecular complexity index is 320. The molecule has 2 nitrogen and oxygen atoms in total. The Kier molecular flexibility index (Phi) is 6.75. The van der Waals surface area contributed by atoms with Gasteiger partial charge in [0.25, 0.3) is 0 Å². The van der Waals surface area contributed by atoms with Gasteiger partial charge >= 0.3 is 0 Å². The number of hydrogen-bond donors (Lipinski definition) is 1. The van der Waals surface area contributed by atoms with Gasteiger partial charge in [-0.15, -0.1) is 11.3 Å². The van der Waals surface area contributed by atoms with Gasteiger partial charge in [0, 0.05) is 10.9 Å². The zero-order valence-corrected chi connectivity index (χ0v) is 12.5. The SMILES string of the molecule is CCCCCCCNC(C)c1sc(C)nc1C. The van der Waals surface area contributed by atoms with Crippen LogP contribution < -0.4 is 5.32 Å². The molecule has 17 heavy (non-hydrogen) atoms. The van der Waals surface area contributed by atoms with Gasteiger partial charge in [0.15, 0.2) is 0 Å². The first-order valence-electron chi connectivity index (χ1n) is 6.82. The molecule has 98 valence electrons. The average Bonchev–Trinajstić information content (AvgIpc) is 2.62. The molecule has 1 unspecified atom stereocenters. The van der Waals surface area contributed by atoms with Gasteiger partial charge in [-0.2, -0.15) is 0 Å². The summed E-state index contributed by atoms with van der Waals surface area (Å²) in [5.74, 6) is 0. The highest BCUT2D eigenvalue weighted by Crippen LogP contribution is 2.24. The summed E-state index contributed by atoms with van der Waals surface area (Å²) >= 11 is 1.82. The van der Waals surface area contributed by atoms with Crippen LogP contribution in [0.4, 0.5) is 0 Å². The normalized spacial score (nSPS) is 12.9. The van der Waals surface area contributed by atoms with Crippen molar-refractivity contribution in [1.29, 1.82) is 0 Å². The molecule has 0 fully saturated rings. The average molecular weight is 254 g/mol. The number of rotatable bonds is 8. The van der Waals surface area contributed by atoms with E-state index in [4.69, 9.17) is 0 Å². The number of aromatic nitrogens is 1. The highest BCUT2D eigenvalue weighted by Gasteiger charge is 2.11. The van der Waals surface area contributed by atoms with Crippen LogP contribution in [0.15, 0.2) is 0 Å². The lowest BCUT2D eigenvalue weighted by Crippen LogP contribution is -2.19. The molecule has 1 N–H and O–H groups in total. The Morgan fingerprint density at radius 1 is 1.18 bits per heavy atom. The van der Waals surface area contributed by atoms with Crippen LogP contribution in [0.25, 0.3) is 0 Å². The van der Waals surface area contributed by atoms with E-state index in [0.29, 0.717) is 6.04 Å². The highest BCUT2D eigenvalue weighted by molar-refractivity contribution is 7.11. The fourth-order valence-corrected chi connectivity index (χ4v) is 3.04. The lowest BCUT2D eigenvalue weighted by molar-refractivity contribution is 0.534. The smallest absolute Gasteiger partial charge is 0.0900 e. The van der Waals surface area contributed by atoms with Crippen molar-refractivity contribution < 1.29 is 0 Å². The van der Waals surface area contributed by atoms with E-state index in [0.717, 1.165) is 6.54 Å². The molecule has 1 aromatic heterocycles. The van der Waals surface area contributed by atoms with Crippen LogP contribution in [0.3, 0.4) is 0 Å². The molecule has 1 aromatic rings. The summed E-state index contributed by atoms with van der Waals surface area (Å²) in [6.07, 6.45) is 6.73. The van der Waals surface area contributed by atoms with E-state index < -0.39 is 0 Å². The summed E-state index contributed by atoms with van der Waals surface area (Å²) in [7, 11) is 0. The van der Waals surface area contributed by atoms with E-state index in [-0.39, 0.29) is 0 Å². The summed E-state index contributed by atoms with van der Waals surface area (Å²) in [4.78, 5) is 5.88. The number of hydrogen-bond acceptors (Lipinski definition) is 3. The molecule has 0 amide bonds. The van der Waals surface area contributed by atoms with Gasteiger partial charge < -0.3 is 5.32 Å². The van der Waals surface area contributed by atoms with E-state index in [1.54, 1.807) is 0 Å². The second-order valence-electron chi connectivity index (χ2n) is 4.77. The van der Waals surface area contributed by atoms with E-state index in [9.17, 15) is 0 Å². The molecule has 0 saturated heterocycles. The molecule has 1 heterocycles. The lowest BCUT2D eigenvalue weighted by Gasteiger charge is -2.12. The standard InChI is InChI=1S/C14H26N2S/c1-5-6-7-8-9-10-15-11(2)14-12(3)16-13(4)17-14/h11,15H,5-10H2,1-4H3. The third kappa shape index (κ3) is 5.17. The molecular formula is C14H26N2S. The van der Waals surface area contributed by atoms with Gasteiger partial charge in [-0.3, -0.25) is 0 Å². The summed E-state index contributed by atoms with van der Waals surface area (Å²) in [5.41, 5.74) is 1.19. The van der Waals surface area contributed by atoms with Crippen molar-refractivity contribution in [2.24, 2.45) is 0 Å². The Labute approximate surface area is 110 Å². The third-order valence-corrected chi connectivity index (χ3v) is 4.32. The topological polar surface area (TPSA) is 24.9 Å². The summed E-state index contributed by atoms with van der Waals surface area (Å²) in [5, 5.41) is 4.78. The lowest BCUT2D eigenvalue weighted by atomic mass is 10.1. The predicted molar refractivity (Wildman–Crippen MR) is 76.8 cm³/mol. The van der Waals surface area contributed by atoms with Crippen molar-refractivity contribution in [2.45, 2.75) is 65.8 Å². The molecule has 0 aromatic carbocycles. The van der Waals surface area contributed by atoms with Crippen LogP contribution in [-0.4, -0.2) is 11.5 Å². The molecule has 0 aliphatic rings. The minimum Gasteiger partial charge on any atom is -0.309 e. The molecule has 0 radical (unpaired) electrons. The highest BCUT2D eigenvalue weighted by atomic mass is 32.1. The Morgan fingerprint density at radius 2 is 1.88 bits per heavy atom. The fraction of sp³-hybridized carbons (Fsp3) is 0.786. The molecule has 0 bridgehead atoms. The molecular weight excluding hydrogens is 228 g/mol. The maximum Gasteiger partial charge on any atom is 0.0900 e. The number of nitrogens with zero attached hydrogens (tertiary/aromatic N) is 1. The molecule has 1 atom stereocenters. The molecule has 3 heteroatoms. The molecule has 1 rings (SSSR count). The van der Waals surface area contributed by atoms with Gasteiger partial charge in [-0.25, -0.2) is 4.98 Å². The van der Waals surface area contributed by atoms with Gasteiger partial charge in [-0.1, -0.05) is 32.6 Å². The minimum atomic E-state index is 0.451. The van der Waals surface area contributed by atoms with E-state index >= 15 is 0 Å². The zero-order valence-electron chi connectivity index (χ0n) is 11.7. The number of aryl methyl sites for hydroxylation is 2. The Hall–Kier alpha value is -0.410. The van der Waals surface area contributed by atoms with E-state index in [1.165, 1.54) is 47.7 Å². The van der Waals surface area contributed by atoms with Gasteiger partial charge in [0.2, 0.25) is 0 Å². The monoisotopic (exact) mass is 254 g/mol. The minimum absolute atomic E-state index is 0.451. The maximum absolute atomic E-state index is 4.48. The quantitative estimate of drug-likeness (QED) is 0.696. The van der Waals surface area contributed by atoms with Crippen LogP contribution in [0.5, 0.6) is 0 Å². The summed E-state index contributed by atoms with van der Waals surface area (Å²) in [6, 6.07) is 0.451. The first-order valence-corrected chi connectivity index (χ1v) is 7.64. The Balaban J connectivity index is 2.21. The maximum atomic E-state index is 4.48. The van der Waals surface area contributed by atoms with E-state index in [1.807, 2.05) is 11.3 Å². The van der Waals surface area contributed by atoms with Crippen LogP contribution in [0, 0.1) is 13.8 Å². The van der Waals surface area contributed by atoms with Gasteiger partial charge in [0.05, 0.1) is 10.7 Å². The number of unbranched alkanes of at least 4 members (excludes halogenated alkanes) is 4. The predicted octanol–water partition coefficient (Wildman–Crippen LogP) is 4.38. The zero-order chi connectivity index (χ0) is 12.7. The molecule has 0 spiro atoms.